The molecule has 0 radical (unpaired) electrons. The Hall–Kier alpha value is -3.92. The minimum Gasteiger partial charge on any atom is -0.378 e. The van der Waals surface area contributed by atoms with Gasteiger partial charge in [-0.25, -0.2) is 4.68 Å². The van der Waals surface area contributed by atoms with Crippen LogP contribution < -0.4 is 20.9 Å². The molecule has 2 fully saturated rings. The summed E-state index contributed by atoms with van der Waals surface area (Å²) in [5, 5.41) is 9.72. The highest BCUT2D eigenvalue weighted by Gasteiger charge is 2.38. The number of amides is 1. The highest BCUT2D eigenvalue weighted by Crippen LogP contribution is 2.38. The lowest BCUT2D eigenvalue weighted by Gasteiger charge is -2.32. The van der Waals surface area contributed by atoms with Crippen LogP contribution in [0, 0.1) is 25.2 Å². The van der Waals surface area contributed by atoms with Crippen molar-refractivity contribution in [2.45, 2.75) is 13.8 Å². The zero-order chi connectivity index (χ0) is 28.0. The summed E-state index contributed by atoms with van der Waals surface area (Å²) in [5.41, 5.74) is 1.76. The first kappa shape index (κ1) is 26.7. The molecule has 0 atom stereocenters. The molecular weight excluding hydrogens is 536 g/mol. The van der Waals surface area contributed by atoms with E-state index in [0.717, 1.165) is 11.8 Å². The fraction of sp³-hybridized carbons (Fsp3) is 0.296. The summed E-state index contributed by atoms with van der Waals surface area (Å²) in [6.07, 6.45) is 1.67. The Bertz CT molecular complexity index is 1700. The number of pyridine rings is 1. The van der Waals surface area contributed by atoms with Gasteiger partial charge in [0.2, 0.25) is 0 Å². The normalized spacial score (nSPS) is 16.8. The highest BCUT2D eigenvalue weighted by atomic mass is 32.2. The predicted octanol–water partition coefficient (Wildman–Crippen LogP) is 2.61. The van der Waals surface area contributed by atoms with Gasteiger partial charge in [0.05, 0.1) is 29.5 Å². The first-order chi connectivity index (χ1) is 18.7. The Morgan fingerprint density at radius 3 is 2.36 bits per heavy atom. The zero-order valence-corrected chi connectivity index (χ0v) is 23.6. The summed E-state index contributed by atoms with van der Waals surface area (Å²) in [4.78, 5) is 44.0. The van der Waals surface area contributed by atoms with E-state index in [0.29, 0.717) is 59.5 Å². The van der Waals surface area contributed by atoms with Gasteiger partial charge >= 0.3 is 0 Å². The molecule has 12 heteroatoms. The average Bonchev–Trinajstić information content (AvgIpc) is 3.33. The summed E-state index contributed by atoms with van der Waals surface area (Å²) in [5.74, 6) is 0.170. The molecule has 4 heterocycles. The molecule has 2 aliphatic rings. The molecule has 3 aromatic rings. The topological polar surface area (TPSA) is 106 Å². The van der Waals surface area contributed by atoms with Crippen molar-refractivity contribution >= 4 is 51.8 Å². The second-order valence-corrected chi connectivity index (χ2v) is 10.9. The van der Waals surface area contributed by atoms with E-state index in [1.54, 1.807) is 38.7 Å². The molecule has 1 amide bonds. The number of aromatic nitrogens is 3. The molecule has 0 aliphatic carbocycles. The lowest BCUT2D eigenvalue weighted by Crippen LogP contribution is -2.40. The maximum atomic E-state index is 13.8. The first-order valence-electron chi connectivity index (χ1n) is 12.3. The van der Waals surface area contributed by atoms with E-state index in [-0.39, 0.29) is 21.1 Å². The van der Waals surface area contributed by atoms with Gasteiger partial charge in [0.15, 0.2) is 4.32 Å². The van der Waals surface area contributed by atoms with E-state index < -0.39 is 11.5 Å². The van der Waals surface area contributed by atoms with E-state index >= 15 is 0 Å². The van der Waals surface area contributed by atoms with Gasteiger partial charge in [0.1, 0.15) is 23.1 Å². The Kier molecular flexibility index (Phi) is 7.07. The van der Waals surface area contributed by atoms with Crippen molar-refractivity contribution in [1.29, 1.82) is 5.26 Å². The molecule has 39 heavy (non-hydrogen) atoms. The molecule has 2 aliphatic heterocycles. The van der Waals surface area contributed by atoms with Crippen LogP contribution in [0.25, 0.3) is 11.8 Å². The Morgan fingerprint density at radius 1 is 1.05 bits per heavy atom. The number of thioether (sulfide) groups is 1. The number of carbonyl (C=O) groups excluding carboxylic acids is 1. The molecule has 0 bridgehead atoms. The number of hydrogen-bond acceptors (Lipinski definition) is 8. The van der Waals surface area contributed by atoms with Crippen molar-refractivity contribution in [1.82, 2.24) is 13.9 Å². The molecule has 0 saturated carbocycles. The molecule has 0 spiro atoms. The van der Waals surface area contributed by atoms with Crippen molar-refractivity contribution in [2.75, 3.05) is 36.1 Å². The minimum absolute atomic E-state index is 0.0147. The number of nitriles is 1. The smallest absolute Gasteiger partial charge is 0.296 e. The van der Waals surface area contributed by atoms with E-state index in [4.69, 9.17) is 17.0 Å². The second-order valence-electron chi connectivity index (χ2n) is 9.24. The molecule has 5 rings (SSSR count). The van der Waals surface area contributed by atoms with Crippen LogP contribution in [0.5, 0.6) is 0 Å². The molecule has 0 N–H and O–H groups in total. The molecule has 10 nitrogen and oxygen atoms in total. The van der Waals surface area contributed by atoms with Crippen LogP contribution in [0.4, 0.5) is 11.5 Å². The summed E-state index contributed by atoms with van der Waals surface area (Å²) in [7, 11) is 3.38. The molecule has 2 aromatic heterocycles. The predicted molar refractivity (Wildman–Crippen MR) is 156 cm³/mol. The summed E-state index contributed by atoms with van der Waals surface area (Å²) in [6.45, 7) is 5.58. The SMILES string of the molecule is Cc1c(/C=C2/SC(=S)N(c3c(C)n(C)n(-c4ccccc4)c3=O)C2=O)c(N2CCOCC2)n(C)c(=O)c1C#N. The Balaban J connectivity index is 1.64. The fourth-order valence-corrected chi connectivity index (χ4v) is 6.23. The van der Waals surface area contributed by atoms with Crippen LogP contribution in [0.15, 0.2) is 44.8 Å². The van der Waals surface area contributed by atoms with Gasteiger partial charge < -0.3 is 9.64 Å². The Morgan fingerprint density at radius 2 is 1.72 bits per heavy atom. The third kappa shape index (κ3) is 4.32. The second kappa shape index (κ2) is 10.3. The number of benzene rings is 1. The molecule has 200 valence electrons. The summed E-state index contributed by atoms with van der Waals surface area (Å²) >= 11 is 6.69. The largest absolute Gasteiger partial charge is 0.378 e. The highest BCUT2D eigenvalue weighted by molar-refractivity contribution is 8.27. The number of ether oxygens (including phenoxy) is 1. The van der Waals surface area contributed by atoms with Crippen LogP contribution in [-0.2, 0) is 23.6 Å². The van der Waals surface area contributed by atoms with Gasteiger partial charge in [0.25, 0.3) is 17.0 Å². The van der Waals surface area contributed by atoms with Gasteiger partial charge in [-0.05, 0) is 37.6 Å². The Labute approximate surface area is 234 Å². The van der Waals surface area contributed by atoms with E-state index in [1.807, 2.05) is 41.3 Å². The average molecular weight is 563 g/mol. The quantitative estimate of drug-likeness (QED) is 0.353. The number of carbonyl (C=O) groups is 1. The third-order valence-corrected chi connectivity index (χ3v) is 8.40. The number of rotatable bonds is 4. The molecular formula is C27H26N6O4S2. The van der Waals surface area contributed by atoms with Crippen molar-refractivity contribution < 1.29 is 9.53 Å². The fourth-order valence-electron chi connectivity index (χ4n) is 4.97. The van der Waals surface area contributed by atoms with Crippen LogP contribution in [0.1, 0.15) is 22.4 Å². The number of nitrogens with zero attached hydrogens (tertiary/aromatic N) is 6. The number of thiocarbonyl (C=S) groups is 1. The number of para-hydroxylation sites is 1. The molecule has 1 aromatic carbocycles. The standard InChI is InChI=1S/C27H26N6O4S2/c1-16-19(23(31-10-12-37-13-11-31)29(3)24(34)20(16)15-28)14-21-25(35)32(27(38)39-21)22-17(2)30(4)33(26(22)36)18-8-6-5-7-9-18/h5-9,14H,10-13H2,1-4H3/b21-14+. The first-order valence-corrected chi connectivity index (χ1v) is 13.5. The summed E-state index contributed by atoms with van der Waals surface area (Å²) < 4.78 is 10.4. The van der Waals surface area contributed by atoms with E-state index in [1.165, 1.54) is 14.1 Å². The molecule has 2 saturated heterocycles. The van der Waals surface area contributed by atoms with Crippen molar-refractivity contribution in [2.24, 2.45) is 14.1 Å². The van der Waals surface area contributed by atoms with Crippen LogP contribution in [-0.4, -0.2) is 50.5 Å². The minimum atomic E-state index is -0.435. The summed E-state index contributed by atoms with van der Waals surface area (Å²) in [6, 6.07) is 11.2. The van der Waals surface area contributed by atoms with Crippen LogP contribution in [0.3, 0.4) is 0 Å². The van der Waals surface area contributed by atoms with E-state index in [9.17, 15) is 19.6 Å². The van der Waals surface area contributed by atoms with Gasteiger partial charge in [0, 0.05) is 32.7 Å². The van der Waals surface area contributed by atoms with E-state index in [2.05, 4.69) is 0 Å². The third-order valence-electron chi connectivity index (χ3n) is 7.10. The van der Waals surface area contributed by atoms with Gasteiger partial charge in [-0.1, -0.05) is 42.2 Å². The maximum Gasteiger partial charge on any atom is 0.296 e. The maximum absolute atomic E-state index is 13.8. The molecule has 0 unspecified atom stereocenters. The van der Waals surface area contributed by atoms with Crippen molar-refractivity contribution in [3.8, 4) is 11.8 Å². The van der Waals surface area contributed by atoms with Gasteiger partial charge in [-0.2, -0.15) is 5.26 Å². The van der Waals surface area contributed by atoms with Crippen molar-refractivity contribution in [3.63, 3.8) is 0 Å². The monoisotopic (exact) mass is 562 g/mol. The zero-order valence-electron chi connectivity index (χ0n) is 21.9. The van der Waals surface area contributed by atoms with Gasteiger partial charge in [-0.15, -0.1) is 0 Å². The van der Waals surface area contributed by atoms with Crippen molar-refractivity contribution in [3.05, 3.63) is 78.3 Å². The number of morpholine rings is 1. The lowest BCUT2D eigenvalue weighted by molar-refractivity contribution is -0.113. The van der Waals surface area contributed by atoms with Gasteiger partial charge in [-0.3, -0.25) is 28.5 Å². The number of anilines is 2. The van der Waals surface area contributed by atoms with Crippen LogP contribution >= 0.6 is 24.0 Å². The number of hydrogen-bond donors (Lipinski definition) is 0. The lowest BCUT2D eigenvalue weighted by atomic mass is 10.0. The van der Waals surface area contributed by atoms with Crippen LogP contribution in [0.2, 0.25) is 0 Å².